The van der Waals surface area contributed by atoms with E-state index in [1.807, 2.05) is 0 Å². The minimum absolute atomic E-state index is 0. The fraction of sp³-hybridized carbons (Fsp3) is 1.00. The van der Waals surface area contributed by atoms with Crippen LogP contribution in [0.3, 0.4) is 0 Å². The average Bonchev–Trinajstić information content (AvgIpc) is 2.35. The van der Waals surface area contributed by atoms with Crippen molar-refractivity contribution in [2.24, 2.45) is 0 Å². The maximum atomic E-state index is 5.46. The SMILES string of the molecule is CCCCCCOCCOCCOCCCC.[NaH]. The summed E-state index contributed by atoms with van der Waals surface area (Å²) in [5.41, 5.74) is 0. The molecule has 0 radical (unpaired) electrons. The summed E-state index contributed by atoms with van der Waals surface area (Å²) in [5, 5.41) is 0. The van der Waals surface area contributed by atoms with Gasteiger partial charge in [-0.2, -0.15) is 0 Å². The van der Waals surface area contributed by atoms with Crippen LogP contribution in [0.25, 0.3) is 0 Å². The normalized spacial score (nSPS) is 10.3. The van der Waals surface area contributed by atoms with E-state index < -0.39 is 0 Å². The molecule has 106 valence electrons. The van der Waals surface area contributed by atoms with Crippen molar-refractivity contribution in [1.29, 1.82) is 0 Å². The Hall–Kier alpha value is 0.880. The van der Waals surface area contributed by atoms with Crippen molar-refractivity contribution in [3.63, 3.8) is 0 Å². The molecule has 0 saturated carbocycles. The van der Waals surface area contributed by atoms with E-state index in [2.05, 4.69) is 13.8 Å². The second-order valence-corrected chi connectivity index (χ2v) is 4.25. The van der Waals surface area contributed by atoms with E-state index in [1.54, 1.807) is 0 Å². The molecule has 0 aliphatic rings. The third kappa shape index (κ3) is 19.2. The van der Waals surface area contributed by atoms with Gasteiger partial charge in [-0.05, 0) is 12.8 Å². The zero-order chi connectivity index (χ0) is 12.6. The van der Waals surface area contributed by atoms with Gasteiger partial charge in [0.1, 0.15) is 0 Å². The summed E-state index contributed by atoms with van der Waals surface area (Å²) >= 11 is 0. The summed E-state index contributed by atoms with van der Waals surface area (Å²) in [7, 11) is 0. The van der Waals surface area contributed by atoms with Crippen LogP contribution in [0.5, 0.6) is 0 Å². The first-order valence-electron chi connectivity index (χ1n) is 7.15. The van der Waals surface area contributed by atoms with Crippen molar-refractivity contribution in [3.8, 4) is 0 Å². The average molecular weight is 270 g/mol. The van der Waals surface area contributed by atoms with Gasteiger partial charge in [-0.25, -0.2) is 0 Å². The molecule has 0 fully saturated rings. The summed E-state index contributed by atoms with van der Waals surface area (Å²) in [6.07, 6.45) is 7.38. The molecule has 0 aliphatic heterocycles. The Labute approximate surface area is 135 Å². The van der Waals surface area contributed by atoms with Crippen LogP contribution in [0.1, 0.15) is 52.4 Å². The van der Waals surface area contributed by atoms with Gasteiger partial charge in [0.05, 0.1) is 26.4 Å². The summed E-state index contributed by atoms with van der Waals surface area (Å²) in [6.45, 7) is 8.89. The van der Waals surface area contributed by atoms with Crippen LogP contribution >= 0.6 is 0 Å². The molecular weight excluding hydrogens is 239 g/mol. The zero-order valence-corrected chi connectivity index (χ0v) is 11.7. The fourth-order valence-electron chi connectivity index (χ4n) is 1.42. The van der Waals surface area contributed by atoms with Crippen molar-refractivity contribution >= 4 is 29.6 Å². The van der Waals surface area contributed by atoms with Gasteiger partial charge < -0.3 is 14.2 Å². The van der Waals surface area contributed by atoms with E-state index in [0.717, 1.165) is 19.6 Å². The molecule has 3 nitrogen and oxygen atoms in total. The van der Waals surface area contributed by atoms with E-state index >= 15 is 0 Å². The topological polar surface area (TPSA) is 27.7 Å². The Balaban J connectivity index is 0. The summed E-state index contributed by atoms with van der Waals surface area (Å²) < 4.78 is 16.2. The molecule has 0 aromatic rings. The Morgan fingerprint density at radius 3 is 1.44 bits per heavy atom. The number of ether oxygens (including phenoxy) is 3. The van der Waals surface area contributed by atoms with Gasteiger partial charge in [0.25, 0.3) is 0 Å². The second-order valence-electron chi connectivity index (χ2n) is 4.25. The van der Waals surface area contributed by atoms with Crippen LogP contribution in [-0.2, 0) is 14.2 Å². The third-order valence-corrected chi connectivity index (χ3v) is 2.53. The van der Waals surface area contributed by atoms with Crippen molar-refractivity contribution in [2.75, 3.05) is 39.6 Å². The van der Waals surface area contributed by atoms with Crippen molar-refractivity contribution in [3.05, 3.63) is 0 Å². The van der Waals surface area contributed by atoms with Gasteiger partial charge >= 0.3 is 29.6 Å². The van der Waals surface area contributed by atoms with Gasteiger partial charge in [0.15, 0.2) is 0 Å². The van der Waals surface area contributed by atoms with E-state index in [0.29, 0.717) is 26.4 Å². The van der Waals surface area contributed by atoms with Crippen molar-refractivity contribution in [2.45, 2.75) is 52.4 Å². The van der Waals surface area contributed by atoms with Crippen molar-refractivity contribution in [1.82, 2.24) is 0 Å². The fourth-order valence-corrected chi connectivity index (χ4v) is 1.42. The van der Waals surface area contributed by atoms with Gasteiger partial charge in [0, 0.05) is 13.2 Å². The van der Waals surface area contributed by atoms with E-state index in [9.17, 15) is 0 Å². The number of hydrogen-bond acceptors (Lipinski definition) is 3. The first kappa shape index (κ1) is 21.2. The first-order valence-corrected chi connectivity index (χ1v) is 7.15. The molecule has 0 saturated heterocycles. The summed E-state index contributed by atoms with van der Waals surface area (Å²) in [4.78, 5) is 0. The predicted molar refractivity (Wildman–Crippen MR) is 78.7 cm³/mol. The van der Waals surface area contributed by atoms with Crippen LogP contribution in [0.2, 0.25) is 0 Å². The Kier molecular flexibility index (Phi) is 23.8. The third-order valence-electron chi connectivity index (χ3n) is 2.53. The van der Waals surface area contributed by atoms with E-state index in [1.165, 1.54) is 32.1 Å². The monoisotopic (exact) mass is 270 g/mol. The second kappa shape index (κ2) is 20.2. The summed E-state index contributed by atoms with van der Waals surface area (Å²) in [5.74, 6) is 0. The zero-order valence-electron chi connectivity index (χ0n) is 11.7. The van der Waals surface area contributed by atoms with Gasteiger partial charge in [-0.15, -0.1) is 0 Å². The molecule has 0 aromatic heterocycles. The molecule has 0 amide bonds. The standard InChI is InChI=1S/C14H30O3.Na.H/c1-3-5-7-8-10-16-12-14-17-13-11-15-9-6-4-2;;/h3-14H2,1-2H3;;. The van der Waals surface area contributed by atoms with Gasteiger partial charge in [-0.3, -0.25) is 0 Å². The predicted octanol–water partition coefficient (Wildman–Crippen LogP) is 2.77. The Morgan fingerprint density at radius 2 is 0.944 bits per heavy atom. The molecule has 0 atom stereocenters. The quantitative estimate of drug-likeness (QED) is 0.359. The van der Waals surface area contributed by atoms with E-state index in [4.69, 9.17) is 14.2 Å². The van der Waals surface area contributed by atoms with Crippen LogP contribution in [-0.4, -0.2) is 69.2 Å². The van der Waals surface area contributed by atoms with Gasteiger partial charge in [0.2, 0.25) is 0 Å². The molecule has 0 bridgehead atoms. The molecule has 0 heterocycles. The number of unbranched alkanes of at least 4 members (excludes halogenated alkanes) is 4. The molecule has 0 rings (SSSR count). The maximum absolute atomic E-state index is 5.46. The number of hydrogen-bond donors (Lipinski definition) is 0. The first-order chi connectivity index (χ1) is 8.41. The molecule has 18 heavy (non-hydrogen) atoms. The van der Waals surface area contributed by atoms with Crippen LogP contribution in [0.15, 0.2) is 0 Å². The van der Waals surface area contributed by atoms with Crippen LogP contribution < -0.4 is 0 Å². The molecule has 0 unspecified atom stereocenters. The minimum atomic E-state index is 0. The van der Waals surface area contributed by atoms with Crippen molar-refractivity contribution < 1.29 is 14.2 Å². The molecule has 4 heteroatoms. The molecular formula is C14H31NaO3. The van der Waals surface area contributed by atoms with Gasteiger partial charge in [-0.1, -0.05) is 39.5 Å². The molecule has 0 N–H and O–H groups in total. The summed E-state index contributed by atoms with van der Waals surface area (Å²) in [6, 6.07) is 0. The number of rotatable bonds is 14. The molecule has 0 aliphatic carbocycles. The van der Waals surface area contributed by atoms with Crippen LogP contribution in [0, 0.1) is 0 Å². The molecule has 0 aromatic carbocycles. The van der Waals surface area contributed by atoms with E-state index in [-0.39, 0.29) is 29.6 Å². The molecule has 0 spiro atoms. The Bertz CT molecular complexity index is 120. The Morgan fingerprint density at radius 1 is 0.500 bits per heavy atom. The van der Waals surface area contributed by atoms with Crippen LogP contribution in [0.4, 0.5) is 0 Å².